The monoisotopic (exact) mass is 214 g/mol. The highest BCUT2D eigenvalue weighted by Gasteiger charge is 2.15. The highest BCUT2D eigenvalue weighted by atomic mass is 17.0. The molecule has 0 radical (unpaired) electrons. The van der Waals surface area contributed by atoms with Crippen molar-refractivity contribution in [2.45, 2.75) is 6.42 Å². The van der Waals surface area contributed by atoms with Gasteiger partial charge in [-0.15, -0.1) is 0 Å². The van der Waals surface area contributed by atoms with Crippen LogP contribution in [0.15, 0.2) is 51.6 Å². The van der Waals surface area contributed by atoms with Crippen LogP contribution in [0.3, 0.4) is 0 Å². The zero-order valence-electron chi connectivity index (χ0n) is 8.51. The van der Waals surface area contributed by atoms with E-state index in [2.05, 4.69) is 0 Å². The van der Waals surface area contributed by atoms with Gasteiger partial charge in [0.2, 0.25) is 11.2 Å². The summed E-state index contributed by atoms with van der Waals surface area (Å²) in [5.41, 5.74) is 3.23. The van der Waals surface area contributed by atoms with Crippen LogP contribution in [0.4, 0.5) is 0 Å². The first kappa shape index (κ1) is 9.09. The van der Waals surface area contributed by atoms with Crippen molar-refractivity contribution in [1.29, 1.82) is 0 Å². The van der Waals surface area contributed by atoms with Gasteiger partial charge in [0.1, 0.15) is 5.75 Å². The van der Waals surface area contributed by atoms with Crippen LogP contribution >= 0.6 is 0 Å². The van der Waals surface area contributed by atoms with E-state index in [9.17, 15) is 5.11 Å². The fraction of sp³-hybridized carbons (Fsp3) is 0.0769. The number of hydrogen-bond donors (Lipinski definition) is 1. The van der Waals surface area contributed by atoms with Crippen molar-refractivity contribution in [3.63, 3.8) is 0 Å². The van der Waals surface area contributed by atoms with Gasteiger partial charge < -0.3 is 5.11 Å². The minimum Gasteiger partial charge on any atom is -0.508 e. The van der Waals surface area contributed by atoms with Crippen molar-refractivity contribution in [2.75, 3.05) is 0 Å². The normalized spacial score (nSPS) is 11.0. The number of benzene rings is 2. The lowest BCUT2D eigenvalue weighted by molar-refractivity contribution is 0.0578. The highest BCUT2D eigenvalue weighted by Crippen LogP contribution is 2.31. The molecule has 0 bridgehead atoms. The zero-order valence-corrected chi connectivity index (χ0v) is 8.51. The Kier molecular flexibility index (Phi) is 1.96. The second-order valence-electron chi connectivity index (χ2n) is 3.72. The van der Waals surface area contributed by atoms with E-state index in [4.69, 9.17) is 9.15 Å². The van der Waals surface area contributed by atoms with Gasteiger partial charge in [-0.1, -0.05) is 30.3 Å². The number of hydrogen-bond acceptors (Lipinski definition) is 3. The standard InChI is InChI=1S/C13H10O3/c14-11-6-7-12-13(16-15-12)10(11)8-9-4-2-1-3-5-9/h1-7,14H,8H2. The Hall–Kier alpha value is -2.16. The average molecular weight is 214 g/mol. The lowest BCUT2D eigenvalue weighted by atomic mass is 10.0. The van der Waals surface area contributed by atoms with E-state index in [-0.39, 0.29) is 5.75 Å². The van der Waals surface area contributed by atoms with Crippen LogP contribution in [0.5, 0.6) is 5.75 Å². The van der Waals surface area contributed by atoms with Gasteiger partial charge in [0.25, 0.3) is 0 Å². The fourth-order valence-corrected chi connectivity index (χ4v) is 1.78. The maximum Gasteiger partial charge on any atom is 0.232 e. The summed E-state index contributed by atoms with van der Waals surface area (Å²) in [4.78, 5) is 0. The first-order valence-corrected chi connectivity index (χ1v) is 5.08. The second-order valence-corrected chi connectivity index (χ2v) is 3.72. The quantitative estimate of drug-likeness (QED) is 0.665. The summed E-state index contributed by atoms with van der Waals surface area (Å²) in [5.74, 6) is 0.242. The number of phenolic OH excluding ortho intramolecular Hbond substituents is 1. The van der Waals surface area contributed by atoms with Gasteiger partial charge in [0, 0.05) is 12.0 Å². The molecule has 16 heavy (non-hydrogen) atoms. The van der Waals surface area contributed by atoms with Gasteiger partial charge in [0.05, 0.1) is 0 Å². The molecule has 1 N–H and O–H groups in total. The van der Waals surface area contributed by atoms with Gasteiger partial charge in [0.15, 0.2) is 0 Å². The van der Waals surface area contributed by atoms with Crippen LogP contribution in [-0.4, -0.2) is 5.11 Å². The van der Waals surface area contributed by atoms with E-state index in [0.717, 1.165) is 11.1 Å². The number of phenols is 1. The van der Waals surface area contributed by atoms with Crippen molar-refractivity contribution in [3.05, 3.63) is 53.6 Å². The molecule has 0 fully saturated rings. The molecule has 2 aromatic carbocycles. The molecule has 0 amide bonds. The predicted octanol–water partition coefficient (Wildman–Crippen LogP) is 3.32. The molecular weight excluding hydrogens is 204 g/mol. The second kappa shape index (κ2) is 3.45. The minimum atomic E-state index is 0.242. The van der Waals surface area contributed by atoms with Crippen molar-refractivity contribution in [1.82, 2.24) is 0 Å². The Morgan fingerprint density at radius 3 is 2.44 bits per heavy atom. The first-order chi connectivity index (χ1) is 7.84. The van der Waals surface area contributed by atoms with E-state index in [1.54, 1.807) is 12.1 Å². The summed E-state index contributed by atoms with van der Waals surface area (Å²) in [5, 5.41) is 9.78. The van der Waals surface area contributed by atoms with E-state index >= 15 is 0 Å². The summed E-state index contributed by atoms with van der Waals surface area (Å²) < 4.78 is 9.70. The molecule has 3 heteroatoms. The van der Waals surface area contributed by atoms with Crippen LogP contribution in [-0.2, 0) is 6.42 Å². The van der Waals surface area contributed by atoms with Gasteiger partial charge in [-0.3, -0.25) is 9.15 Å². The van der Waals surface area contributed by atoms with Crippen LogP contribution in [0.25, 0.3) is 11.2 Å². The first-order valence-electron chi connectivity index (χ1n) is 5.08. The molecule has 1 aromatic heterocycles. The Morgan fingerprint density at radius 2 is 1.75 bits per heavy atom. The smallest absolute Gasteiger partial charge is 0.232 e. The van der Waals surface area contributed by atoms with Crippen LogP contribution in [0.2, 0.25) is 0 Å². The molecule has 3 rings (SSSR count). The third-order valence-corrected chi connectivity index (χ3v) is 2.64. The van der Waals surface area contributed by atoms with Gasteiger partial charge in [-0.2, -0.15) is 0 Å². The fourth-order valence-electron chi connectivity index (χ4n) is 1.78. The van der Waals surface area contributed by atoms with Crippen molar-refractivity contribution >= 4 is 11.2 Å². The molecule has 0 spiro atoms. The molecule has 1 heterocycles. The third kappa shape index (κ3) is 1.37. The van der Waals surface area contributed by atoms with Gasteiger partial charge >= 0.3 is 0 Å². The molecule has 0 atom stereocenters. The maximum atomic E-state index is 9.78. The average Bonchev–Trinajstić information content (AvgIpc) is 2.26. The number of rotatable bonds is 2. The third-order valence-electron chi connectivity index (χ3n) is 2.64. The van der Waals surface area contributed by atoms with E-state index < -0.39 is 0 Å². The lowest BCUT2D eigenvalue weighted by Crippen LogP contribution is -1.92. The summed E-state index contributed by atoms with van der Waals surface area (Å²) in [6, 6.07) is 13.3. The molecule has 80 valence electrons. The minimum absolute atomic E-state index is 0.242. The molecule has 0 aliphatic heterocycles. The molecule has 0 aliphatic carbocycles. The van der Waals surface area contributed by atoms with Crippen molar-refractivity contribution < 1.29 is 14.3 Å². The van der Waals surface area contributed by atoms with Crippen molar-refractivity contribution in [2.24, 2.45) is 0 Å². The summed E-state index contributed by atoms with van der Waals surface area (Å²) in [7, 11) is 0. The van der Waals surface area contributed by atoms with Gasteiger partial charge in [-0.05, 0) is 17.7 Å². The predicted molar refractivity (Wildman–Crippen MR) is 59.4 cm³/mol. The van der Waals surface area contributed by atoms with E-state index in [0.29, 0.717) is 17.6 Å². The summed E-state index contributed by atoms with van der Waals surface area (Å²) >= 11 is 0. The Labute approximate surface area is 91.8 Å². The largest absolute Gasteiger partial charge is 0.508 e. The molecule has 3 nitrogen and oxygen atoms in total. The van der Waals surface area contributed by atoms with Gasteiger partial charge in [-0.25, -0.2) is 0 Å². The number of aromatic hydroxyl groups is 1. The Morgan fingerprint density at radius 1 is 0.938 bits per heavy atom. The van der Waals surface area contributed by atoms with Crippen LogP contribution < -0.4 is 0 Å². The summed E-state index contributed by atoms with van der Waals surface area (Å²) in [6.45, 7) is 0. The molecule has 0 saturated carbocycles. The molecule has 0 saturated heterocycles. The van der Waals surface area contributed by atoms with Crippen LogP contribution in [0, 0.1) is 0 Å². The summed E-state index contributed by atoms with van der Waals surface area (Å²) in [6.07, 6.45) is 0.638. The van der Waals surface area contributed by atoms with Crippen LogP contribution in [0.1, 0.15) is 11.1 Å². The topological polar surface area (TPSA) is 46.5 Å². The molecule has 3 aromatic rings. The number of fused-ring (bicyclic) bond motifs is 1. The Balaban J connectivity index is 2.04. The lowest BCUT2D eigenvalue weighted by Gasteiger charge is -2.07. The van der Waals surface area contributed by atoms with E-state index in [1.807, 2.05) is 30.3 Å². The molecule has 0 unspecified atom stereocenters. The maximum absolute atomic E-state index is 9.78. The zero-order chi connectivity index (χ0) is 11.0. The Bertz CT molecular complexity index is 604. The van der Waals surface area contributed by atoms with Crippen molar-refractivity contribution in [3.8, 4) is 5.75 Å². The SMILES string of the molecule is Oc1ccc2ooc2c1Cc1ccccc1. The molecular formula is C13H10O3. The molecule has 0 aliphatic rings. The van der Waals surface area contributed by atoms with E-state index in [1.165, 1.54) is 0 Å². The highest BCUT2D eigenvalue weighted by molar-refractivity contribution is 5.77.